The van der Waals surface area contributed by atoms with Gasteiger partial charge in [-0.25, -0.2) is 4.79 Å². The van der Waals surface area contributed by atoms with Crippen molar-refractivity contribution in [1.82, 2.24) is 10.6 Å². The van der Waals surface area contributed by atoms with Crippen molar-refractivity contribution in [3.05, 3.63) is 0 Å². The lowest BCUT2D eigenvalue weighted by Gasteiger charge is -2.28. The fraction of sp³-hybridized carbons (Fsp3) is 0.917. The minimum atomic E-state index is 0.0540. The Morgan fingerprint density at radius 2 is 1.94 bits per heavy atom. The van der Waals surface area contributed by atoms with E-state index in [9.17, 15) is 4.79 Å². The molecule has 2 aliphatic carbocycles. The first-order valence-corrected chi connectivity index (χ1v) is 7.53. The summed E-state index contributed by atoms with van der Waals surface area (Å²) < 4.78 is 0. The van der Waals surface area contributed by atoms with Gasteiger partial charge in [0.05, 0.1) is 0 Å². The number of carbonyl (C=O) groups excluding carboxylic acids is 1. The van der Waals surface area contributed by atoms with E-state index < -0.39 is 0 Å². The lowest BCUT2D eigenvalue weighted by Crippen LogP contribution is -2.49. The molecule has 0 spiro atoms. The summed E-state index contributed by atoms with van der Waals surface area (Å²) >= 11 is 1.99. The number of urea groups is 1. The van der Waals surface area contributed by atoms with Gasteiger partial charge in [0, 0.05) is 17.3 Å². The summed E-state index contributed by atoms with van der Waals surface area (Å²) in [5.74, 6) is 1.15. The van der Waals surface area contributed by atoms with Gasteiger partial charge in [0.25, 0.3) is 0 Å². The Morgan fingerprint density at radius 1 is 1.19 bits per heavy atom. The average Bonchev–Trinajstić information content (AvgIpc) is 2.60. The van der Waals surface area contributed by atoms with Crippen LogP contribution in [-0.2, 0) is 0 Å². The summed E-state index contributed by atoms with van der Waals surface area (Å²) in [6, 6.07) is 0.891. The first-order chi connectivity index (χ1) is 7.79. The SMILES string of the molecule is CCSC1CCCC1NC(=O)NC1CCC1. The third-order valence-corrected chi connectivity index (χ3v) is 4.92. The molecule has 0 radical (unpaired) electrons. The Kier molecular flexibility index (Phi) is 4.38. The largest absolute Gasteiger partial charge is 0.335 e. The maximum atomic E-state index is 11.7. The van der Waals surface area contributed by atoms with Crippen molar-refractivity contribution in [2.24, 2.45) is 0 Å². The van der Waals surface area contributed by atoms with E-state index in [1.807, 2.05) is 11.8 Å². The molecule has 2 rings (SSSR count). The zero-order valence-electron chi connectivity index (χ0n) is 10.00. The summed E-state index contributed by atoms with van der Waals surface area (Å²) in [4.78, 5) is 11.7. The number of amides is 2. The molecule has 0 aromatic carbocycles. The normalized spacial score (nSPS) is 29.8. The highest BCUT2D eigenvalue weighted by Gasteiger charge is 2.29. The Balaban J connectivity index is 1.72. The molecule has 0 aromatic rings. The molecule has 0 bridgehead atoms. The number of rotatable bonds is 4. The van der Waals surface area contributed by atoms with Crippen molar-refractivity contribution in [3.63, 3.8) is 0 Å². The zero-order chi connectivity index (χ0) is 11.4. The third kappa shape index (κ3) is 3.06. The smallest absolute Gasteiger partial charge is 0.315 e. The predicted molar refractivity (Wildman–Crippen MR) is 68.9 cm³/mol. The average molecular weight is 242 g/mol. The van der Waals surface area contributed by atoms with E-state index in [2.05, 4.69) is 17.6 Å². The fourth-order valence-corrected chi connectivity index (χ4v) is 3.65. The molecule has 0 aromatic heterocycles. The molecule has 92 valence electrons. The van der Waals surface area contributed by atoms with Gasteiger partial charge in [-0.3, -0.25) is 0 Å². The summed E-state index contributed by atoms with van der Waals surface area (Å²) in [5.41, 5.74) is 0. The molecule has 0 saturated heterocycles. The van der Waals surface area contributed by atoms with Crippen LogP contribution in [0.2, 0.25) is 0 Å². The van der Waals surface area contributed by atoms with Crippen LogP contribution in [-0.4, -0.2) is 29.1 Å². The quantitative estimate of drug-likeness (QED) is 0.795. The van der Waals surface area contributed by atoms with Gasteiger partial charge in [0.15, 0.2) is 0 Å². The lowest BCUT2D eigenvalue weighted by atomic mass is 9.93. The van der Waals surface area contributed by atoms with Gasteiger partial charge < -0.3 is 10.6 Å². The monoisotopic (exact) mass is 242 g/mol. The second kappa shape index (κ2) is 5.80. The van der Waals surface area contributed by atoms with E-state index in [1.165, 1.54) is 19.3 Å². The first kappa shape index (κ1) is 12.1. The van der Waals surface area contributed by atoms with Gasteiger partial charge in [-0.05, 0) is 37.9 Å². The molecule has 2 N–H and O–H groups in total. The van der Waals surface area contributed by atoms with Crippen LogP contribution in [0.5, 0.6) is 0 Å². The maximum Gasteiger partial charge on any atom is 0.315 e. The molecule has 2 fully saturated rings. The molecule has 0 aliphatic heterocycles. The van der Waals surface area contributed by atoms with Crippen LogP contribution < -0.4 is 10.6 Å². The second-order valence-electron chi connectivity index (χ2n) is 4.78. The molecule has 16 heavy (non-hydrogen) atoms. The first-order valence-electron chi connectivity index (χ1n) is 6.48. The topological polar surface area (TPSA) is 41.1 Å². The number of thioether (sulfide) groups is 1. The van der Waals surface area contributed by atoms with Crippen LogP contribution in [0.25, 0.3) is 0 Å². The van der Waals surface area contributed by atoms with E-state index in [4.69, 9.17) is 0 Å². The van der Waals surface area contributed by atoms with Crippen LogP contribution >= 0.6 is 11.8 Å². The summed E-state index contributed by atoms with van der Waals surface area (Å²) in [6.07, 6.45) is 7.24. The molecule has 3 nitrogen and oxygen atoms in total. The van der Waals surface area contributed by atoms with Gasteiger partial charge in [-0.1, -0.05) is 13.3 Å². The van der Waals surface area contributed by atoms with Crippen molar-refractivity contribution >= 4 is 17.8 Å². The molecule has 4 heteroatoms. The van der Waals surface area contributed by atoms with Crippen LogP contribution in [0.3, 0.4) is 0 Å². The Morgan fingerprint density at radius 3 is 2.56 bits per heavy atom. The number of hydrogen-bond donors (Lipinski definition) is 2. The van der Waals surface area contributed by atoms with Crippen molar-refractivity contribution in [3.8, 4) is 0 Å². The summed E-state index contributed by atoms with van der Waals surface area (Å²) in [5, 5.41) is 6.82. The molecule has 2 unspecified atom stereocenters. The number of carbonyl (C=O) groups is 1. The van der Waals surface area contributed by atoms with Crippen molar-refractivity contribution in [2.75, 3.05) is 5.75 Å². The van der Waals surface area contributed by atoms with Gasteiger partial charge in [0.1, 0.15) is 0 Å². The molecule has 2 atom stereocenters. The lowest BCUT2D eigenvalue weighted by molar-refractivity contribution is 0.225. The van der Waals surface area contributed by atoms with E-state index in [0.717, 1.165) is 25.0 Å². The van der Waals surface area contributed by atoms with Gasteiger partial charge in [0.2, 0.25) is 0 Å². The fourth-order valence-electron chi connectivity index (χ4n) is 2.45. The molecule has 2 amide bonds. The van der Waals surface area contributed by atoms with Crippen molar-refractivity contribution in [1.29, 1.82) is 0 Å². The second-order valence-corrected chi connectivity index (χ2v) is 6.29. The molecule has 2 aliphatic rings. The van der Waals surface area contributed by atoms with Crippen LogP contribution in [0.15, 0.2) is 0 Å². The van der Waals surface area contributed by atoms with E-state index in [0.29, 0.717) is 17.3 Å². The summed E-state index contributed by atoms with van der Waals surface area (Å²) in [7, 11) is 0. The molecule has 2 saturated carbocycles. The zero-order valence-corrected chi connectivity index (χ0v) is 10.8. The van der Waals surface area contributed by atoms with Gasteiger partial charge in [-0.15, -0.1) is 0 Å². The Bertz CT molecular complexity index is 243. The molecular formula is C12H22N2OS. The standard InChI is InChI=1S/C12H22N2OS/c1-2-16-11-8-4-7-10(11)14-12(15)13-9-5-3-6-9/h9-11H,2-8H2,1H3,(H2,13,14,15). The molecular weight excluding hydrogens is 220 g/mol. The Labute approximate surface area is 102 Å². The number of hydrogen-bond acceptors (Lipinski definition) is 2. The third-order valence-electron chi connectivity index (χ3n) is 3.59. The summed E-state index contributed by atoms with van der Waals surface area (Å²) in [6.45, 7) is 2.19. The Hall–Kier alpha value is -0.380. The predicted octanol–water partition coefficient (Wildman–Crippen LogP) is 2.51. The highest BCUT2D eigenvalue weighted by molar-refractivity contribution is 7.99. The van der Waals surface area contributed by atoms with E-state index in [1.54, 1.807) is 0 Å². The highest BCUT2D eigenvalue weighted by Crippen LogP contribution is 2.29. The van der Waals surface area contributed by atoms with Crippen molar-refractivity contribution < 1.29 is 4.79 Å². The maximum absolute atomic E-state index is 11.7. The van der Waals surface area contributed by atoms with E-state index in [-0.39, 0.29) is 6.03 Å². The van der Waals surface area contributed by atoms with Crippen LogP contribution in [0.1, 0.15) is 45.4 Å². The van der Waals surface area contributed by atoms with Crippen LogP contribution in [0, 0.1) is 0 Å². The highest BCUT2D eigenvalue weighted by atomic mass is 32.2. The van der Waals surface area contributed by atoms with Crippen molar-refractivity contribution in [2.45, 2.75) is 62.8 Å². The molecule has 0 heterocycles. The van der Waals surface area contributed by atoms with Gasteiger partial charge >= 0.3 is 6.03 Å². The van der Waals surface area contributed by atoms with Gasteiger partial charge in [-0.2, -0.15) is 11.8 Å². The number of nitrogens with one attached hydrogen (secondary N) is 2. The minimum absolute atomic E-state index is 0.0540. The van der Waals surface area contributed by atoms with Crippen LogP contribution in [0.4, 0.5) is 4.79 Å². The van der Waals surface area contributed by atoms with E-state index >= 15 is 0 Å². The minimum Gasteiger partial charge on any atom is -0.335 e.